The van der Waals surface area contributed by atoms with Crippen LogP contribution in [-0.4, -0.2) is 23.3 Å². The average molecular weight is 276 g/mol. The summed E-state index contributed by atoms with van der Waals surface area (Å²) in [6, 6.07) is 3.72. The molecule has 1 aliphatic carbocycles. The molecule has 5 nitrogen and oxygen atoms in total. The monoisotopic (exact) mass is 276 g/mol. The SMILES string of the molecule is CCNCc1ccc(CN2C(=O)C3C(C2=O)C3(C)C)o1. The third-order valence-corrected chi connectivity index (χ3v) is 4.47. The van der Waals surface area contributed by atoms with Gasteiger partial charge in [-0.05, 0) is 24.1 Å². The molecular weight excluding hydrogens is 256 g/mol. The molecule has 1 aromatic rings. The summed E-state index contributed by atoms with van der Waals surface area (Å²) in [4.78, 5) is 25.8. The Morgan fingerprint density at radius 2 is 1.80 bits per heavy atom. The van der Waals surface area contributed by atoms with Crippen molar-refractivity contribution in [1.29, 1.82) is 0 Å². The van der Waals surface area contributed by atoms with Crippen LogP contribution in [0.15, 0.2) is 16.5 Å². The molecule has 3 rings (SSSR count). The molecule has 2 aliphatic rings. The summed E-state index contributed by atoms with van der Waals surface area (Å²) in [6.45, 7) is 7.79. The van der Waals surface area contributed by atoms with E-state index in [9.17, 15) is 9.59 Å². The summed E-state index contributed by atoms with van der Waals surface area (Å²) in [6.07, 6.45) is 0. The number of nitrogens with one attached hydrogen (secondary N) is 1. The Kier molecular flexibility index (Phi) is 2.97. The largest absolute Gasteiger partial charge is 0.463 e. The molecule has 1 aromatic heterocycles. The first-order valence-electron chi connectivity index (χ1n) is 7.10. The van der Waals surface area contributed by atoms with Gasteiger partial charge >= 0.3 is 0 Å². The number of furan rings is 1. The molecular formula is C15H20N2O3. The molecule has 1 aliphatic heterocycles. The number of hydrogen-bond acceptors (Lipinski definition) is 4. The number of rotatable bonds is 5. The second-order valence-electron chi connectivity index (χ2n) is 6.19. The van der Waals surface area contributed by atoms with E-state index in [-0.39, 0.29) is 35.6 Å². The second kappa shape index (κ2) is 4.45. The molecule has 2 atom stereocenters. The van der Waals surface area contributed by atoms with Gasteiger partial charge in [0.2, 0.25) is 11.8 Å². The van der Waals surface area contributed by atoms with Gasteiger partial charge < -0.3 is 9.73 Å². The zero-order valence-corrected chi connectivity index (χ0v) is 12.1. The van der Waals surface area contributed by atoms with Gasteiger partial charge in [0.15, 0.2) is 0 Å². The van der Waals surface area contributed by atoms with Gasteiger partial charge in [-0.25, -0.2) is 0 Å². The van der Waals surface area contributed by atoms with Gasteiger partial charge in [-0.1, -0.05) is 20.8 Å². The van der Waals surface area contributed by atoms with Crippen LogP contribution in [0.5, 0.6) is 0 Å². The number of fused-ring (bicyclic) bond motifs is 1. The van der Waals surface area contributed by atoms with Gasteiger partial charge in [0.05, 0.1) is 24.9 Å². The number of nitrogens with zero attached hydrogens (tertiary/aromatic N) is 1. The number of carbonyl (C=O) groups is 2. The lowest BCUT2D eigenvalue weighted by Gasteiger charge is -2.19. The maximum atomic E-state index is 12.2. The molecule has 0 bridgehead atoms. The molecule has 20 heavy (non-hydrogen) atoms. The normalized spacial score (nSPS) is 27.1. The van der Waals surface area contributed by atoms with E-state index in [1.165, 1.54) is 4.90 Å². The third kappa shape index (κ3) is 1.88. The molecule has 0 spiro atoms. The summed E-state index contributed by atoms with van der Waals surface area (Å²) in [5.74, 6) is 1.16. The fourth-order valence-electron chi connectivity index (χ4n) is 3.17. The fourth-order valence-corrected chi connectivity index (χ4v) is 3.17. The van der Waals surface area contributed by atoms with Crippen LogP contribution in [0.4, 0.5) is 0 Å². The van der Waals surface area contributed by atoms with E-state index < -0.39 is 0 Å². The minimum absolute atomic E-state index is 0.0466. The van der Waals surface area contributed by atoms with E-state index in [4.69, 9.17) is 4.42 Å². The van der Waals surface area contributed by atoms with Gasteiger partial charge in [-0.2, -0.15) is 0 Å². The average Bonchev–Trinajstić information content (AvgIpc) is 2.72. The molecule has 108 valence electrons. The van der Waals surface area contributed by atoms with E-state index in [0.29, 0.717) is 12.3 Å². The summed E-state index contributed by atoms with van der Waals surface area (Å²) >= 11 is 0. The zero-order chi connectivity index (χ0) is 14.5. The zero-order valence-electron chi connectivity index (χ0n) is 12.1. The number of hydrogen-bond donors (Lipinski definition) is 1. The van der Waals surface area contributed by atoms with E-state index in [1.54, 1.807) is 0 Å². The van der Waals surface area contributed by atoms with Crippen molar-refractivity contribution in [3.8, 4) is 0 Å². The standard InChI is InChI=1S/C15H20N2O3/c1-4-16-7-9-5-6-10(20-9)8-17-13(18)11-12(14(17)19)15(11,2)3/h5-6,11-12,16H,4,7-8H2,1-3H3. The maximum absolute atomic E-state index is 12.2. The molecule has 2 heterocycles. The van der Waals surface area contributed by atoms with E-state index in [2.05, 4.69) is 5.32 Å². The van der Waals surface area contributed by atoms with E-state index in [0.717, 1.165) is 12.3 Å². The first-order chi connectivity index (χ1) is 9.46. The topological polar surface area (TPSA) is 62.6 Å². The van der Waals surface area contributed by atoms with Crippen molar-refractivity contribution >= 4 is 11.8 Å². The molecule has 2 fully saturated rings. The lowest BCUT2D eigenvalue weighted by atomic mass is 10.1. The highest BCUT2D eigenvalue weighted by atomic mass is 16.3. The lowest BCUT2D eigenvalue weighted by molar-refractivity contribution is -0.144. The smallest absolute Gasteiger partial charge is 0.234 e. The van der Waals surface area contributed by atoms with Crippen molar-refractivity contribution in [2.45, 2.75) is 33.9 Å². The lowest BCUT2D eigenvalue weighted by Crippen LogP contribution is -2.35. The second-order valence-corrected chi connectivity index (χ2v) is 6.19. The molecule has 1 saturated carbocycles. The fraction of sp³-hybridized carbons (Fsp3) is 0.600. The van der Waals surface area contributed by atoms with Crippen LogP contribution < -0.4 is 5.32 Å². The predicted molar refractivity (Wildman–Crippen MR) is 72.4 cm³/mol. The Morgan fingerprint density at radius 1 is 1.20 bits per heavy atom. The van der Waals surface area contributed by atoms with Crippen molar-refractivity contribution in [3.05, 3.63) is 23.7 Å². The minimum atomic E-state index is -0.149. The van der Waals surface area contributed by atoms with Crippen LogP contribution in [0, 0.1) is 17.3 Å². The first kappa shape index (κ1) is 13.4. The van der Waals surface area contributed by atoms with Crippen LogP contribution in [0.3, 0.4) is 0 Å². The summed E-state index contributed by atoms with van der Waals surface area (Å²) in [7, 11) is 0. The van der Waals surface area contributed by atoms with E-state index >= 15 is 0 Å². The van der Waals surface area contributed by atoms with Crippen molar-refractivity contribution in [3.63, 3.8) is 0 Å². The number of likely N-dealkylation sites (tertiary alicyclic amines) is 1. The Morgan fingerprint density at radius 3 is 2.40 bits per heavy atom. The highest BCUT2D eigenvalue weighted by Crippen LogP contribution is 2.63. The maximum Gasteiger partial charge on any atom is 0.234 e. The minimum Gasteiger partial charge on any atom is -0.463 e. The van der Waals surface area contributed by atoms with Crippen molar-refractivity contribution in [2.24, 2.45) is 17.3 Å². The van der Waals surface area contributed by atoms with Crippen molar-refractivity contribution < 1.29 is 14.0 Å². The van der Waals surface area contributed by atoms with Crippen LogP contribution in [0.2, 0.25) is 0 Å². The highest BCUT2D eigenvalue weighted by molar-refractivity contribution is 6.10. The molecule has 2 unspecified atom stereocenters. The molecule has 1 N–H and O–H groups in total. The Balaban J connectivity index is 1.66. The summed E-state index contributed by atoms with van der Waals surface area (Å²) in [5.41, 5.74) is -0.149. The van der Waals surface area contributed by atoms with E-state index in [1.807, 2.05) is 32.9 Å². The molecule has 5 heteroatoms. The molecule has 2 amide bonds. The van der Waals surface area contributed by atoms with Crippen LogP contribution in [0.25, 0.3) is 0 Å². The van der Waals surface area contributed by atoms with Gasteiger partial charge in [0, 0.05) is 0 Å². The summed E-state index contributed by atoms with van der Waals surface area (Å²) < 4.78 is 5.64. The Bertz CT molecular complexity index is 537. The van der Waals surface area contributed by atoms with Gasteiger partial charge in [0.1, 0.15) is 11.5 Å². The van der Waals surface area contributed by atoms with Crippen molar-refractivity contribution in [1.82, 2.24) is 10.2 Å². The number of piperidine rings is 1. The summed E-state index contributed by atoms with van der Waals surface area (Å²) in [5, 5.41) is 3.17. The quantitative estimate of drug-likeness (QED) is 0.828. The first-order valence-corrected chi connectivity index (χ1v) is 7.10. The van der Waals surface area contributed by atoms with Crippen molar-refractivity contribution in [2.75, 3.05) is 6.54 Å². The highest BCUT2D eigenvalue weighted by Gasteiger charge is 2.72. The molecule has 1 saturated heterocycles. The Hall–Kier alpha value is -1.62. The van der Waals surface area contributed by atoms with Gasteiger partial charge in [-0.15, -0.1) is 0 Å². The molecule has 0 radical (unpaired) electrons. The molecule has 0 aromatic carbocycles. The predicted octanol–water partition coefficient (Wildman–Crippen LogP) is 1.53. The van der Waals surface area contributed by atoms with Crippen LogP contribution >= 0.6 is 0 Å². The van der Waals surface area contributed by atoms with Gasteiger partial charge in [0.25, 0.3) is 0 Å². The third-order valence-electron chi connectivity index (χ3n) is 4.47. The Labute approximate surface area is 118 Å². The number of imide groups is 1. The number of carbonyl (C=O) groups excluding carboxylic acids is 2. The van der Waals surface area contributed by atoms with Crippen LogP contribution in [0.1, 0.15) is 32.3 Å². The van der Waals surface area contributed by atoms with Gasteiger partial charge in [-0.3, -0.25) is 14.5 Å². The number of amides is 2. The van der Waals surface area contributed by atoms with Crippen LogP contribution in [-0.2, 0) is 22.7 Å².